The van der Waals surface area contributed by atoms with Crippen molar-refractivity contribution < 1.29 is 17.9 Å². The van der Waals surface area contributed by atoms with Gasteiger partial charge in [0.1, 0.15) is 16.8 Å². The zero-order valence-electron chi connectivity index (χ0n) is 19.8. The van der Waals surface area contributed by atoms with Gasteiger partial charge in [0.2, 0.25) is 10.0 Å². The molecule has 0 bridgehead atoms. The Labute approximate surface area is 219 Å². The molecule has 0 saturated carbocycles. The van der Waals surface area contributed by atoms with Crippen molar-refractivity contribution in [2.75, 3.05) is 13.1 Å². The summed E-state index contributed by atoms with van der Waals surface area (Å²) in [6.45, 7) is 1.04. The Hall–Kier alpha value is -3.84. The molecule has 1 fully saturated rings. The van der Waals surface area contributed by atoms with E-state index in [0.717, 1.165) is 35.0 Å². The maximum absolute atomic E-state index is 12.8. The Bertz CT molecular complexity index is 1580. The largest absolute Gasteiger partial charge is 0.423 e. The molecule has 1 aliphatic rings. The highest BCUT2D eigenvalue weighted by Crippen LogP contribution is 2.28. The Balaban J connectivity index is 1.26. The van der Waals surface area contributed by atoms with Crippen LogP contribution < -0.4 is 4.74 Å². The topological polar surface area (TPSA) is 100 Å². The summed E-state index contributed by atoms with van der Waals surface area (Å²) in [6, 6.07) is 22.5. The monoisotopic (exact) mass is 529 g/mol. The number of hydrogen-bond acceptors (Lipinski definition) is 7. The predicted molar refractivity (Wildman–Crippen MR) is 144 cm³/mol. The second-order valence-corrected chi connectivity index (χ2v) is 11.6. The molecule has 3 aromatic carbocycles. The summed E-state index contributed by atoms with van der Waals surface area (Å²) in [6.07, 6.45) is 4.50. The van der Waals surface area contributed by atoms with Crippen molar-refractivity contribution in [1.82, 2.24) is 9.29 Å². The van der Waals surface area contributed by atoms with E-state index in [9.17, 15) is 18.5 Å². The minimum Gasteiger partial charge on any atom is -0.423 e. The molecule has 4 aromatic rings. The first-order valence-corrected chi connectivity index (χ1v) is 14.1. The van der Waals surface area contributed by atoms with Crippen LogP contribution in [0.15, 0.2) is 77.7 Å². The maximum Gasteiger partial charge on any atom is 0.343 e. The fraction of sp³-hybridized carbons (Fsp3) is 0.179. The summed E-state index contributed by atoms with van der Waals surface area (Å²) < 4.78 is 33.6. The number of fused-ring (bicyclic) bond motifs is 1. The highest BCUT2D eigenvalue weighted by Gasteiger charge is 2.26. The van der Waals surface area contributed by atoms with Gasteiger partial charge < -0.3 is 4.74 Å². The van der Waals surface area contributed by atoms with E-state index in [4.69, 9.17) is 4.74 Å². The van der Waals surface area contributed by atoms with E-state index >= 15 is 0 Å². The molecule has 0 atom stereocenters. The van der Waals surface area contributed by atoms with Crippen molar-refractivity contribution in [3.05, 3.63) is 88.9 Å². The van der Waals surface area contributed by atoms with Crippen molar-refractivity contribution >= 4 is 49.2 Å². The number of hydrogen-bond donors (Lipinski definition) is 0. The number of thiazole rings is 1. The Morgan fingerprint density at radius 3 is 2.35 bits per heavy atom. The highest BCUT2D eigenvalue weighted by molar-refractivity contribution is 7.89. The molecule has 1 saturated heterocycles. The quantitative estimate of drug-likeness (QED) is 0.179. The molecule has 0 amide bonds. The number of aromatic nitrogens is 1. The molecule has 37 heavy (non-hydrogen) atoms. The van der Waals surface area contributed by atoms with Crippen LogP contribution in [-0.2, 0) is 10.0 Å². The van der Waals surface area contributed by atoms with Gasteiger partial charge in [-0.3, -0.25) is 0 Å². The molecule has 9 heteroatoms. The predicted octanol–water partition coefficient (Wildman–Crippen LogP) is 5.75. The summed E-state index contributed by atoms with van der Waals surface area (Å²) in [4.78, 5) is 17.3. The number of piperidine rings is 1. The molecule has 1 aromatic heterocycles. The summed E-state index contributed by atoms with van der Waals surface area (Å²) in [5.41, 5.74) is 2.32. The first-order valence-electron chi connectivity index (χ1n) is 11.8. The minimum atomic E-state index is -3.56. The van der Waals surface area contributed by atoms with Crippen LogP contribution in [0.1, 0.15) is 40.2 Å². The van der Waals surface area contributed by atoms with E-state index in [-0.39, 0.29) is 10.5 Å². The Morgan fingerprint density at radius 1 is 0.973 bits per heavy atom. The number of sulfonamides is 1. The normalized spacial score (nSPS) is 14.8. The van der Waals surface area contributed by atoms with E-state index < -0.39 is 16.0 Å². The van der Waals surface area contributed by atoms with Crippen molar-refractivity contribution in [3.63, 3.8) is 0 Å². The summed E-state index contributed by atoms with van der Waals surface area (Å²) in [7, 11) is -3.56. The van der Waals surface area contributed by atoms with Crippen LogP contribution in [0.5, 0.6) is 5.75 Å². The Morgan fingerprint density at radius 2 is 1.68 bits per heavy atom. The third-order valence-electron chi connectivity index (χ3n) is 6.09. The van der Waals surface area contributed by atoms with Crippen molar-refractivity contribution in [3.8, 4) is 11.8 Å². The summed E-state index contributed by atoms with van der Waals surface area (Å²) in [5, 5.41) is 10.3. The first-order chi connectivity index (χ1) is 17.9. The molecule has 0 radical (unpaired) electrons. The van der Waals surface area contributed by atoms with Gasteiger partial charge in [0.15, 0.2) is 0 Å². The van der Waals surface area contributed by atoms with Crippen LogP contribution in [0.25, 0.3) is 21.9 Å². The number of esters is 1. The summed E-state index contributed by atoms with van der Waals surface area (Å²) in [5.74, 6) is -0.247. The molecule has 1 aliphatic heterocycles. The van der Waals surface area contributed by atoms with Gasteiger partial charge in [-0.05, 0) is 73.0 Å². The molecule has 2 heterocycles. The van der Waals surface area contributed by atoms with Crippen LogP contribution >= 0.6 is 11.3 Å². The Kier molecular flexibility index (Phi) is 7.15. The van der Waals surface area contributed by atoms with Gasteiger partial charge in [-0.25, -0.2) is 18.2 Å². The molecule has 0 spiro atoms. The molecular formula is C28H23N3O4S2. The van der Waals surface area contributed by atoms with Gasteiger partial charge in [0.25, 0.3) is 0 Å². The van der Waals surface area contributed by atoms with Gasteiger partial charge in [-0.1, -0.05) is 30.7 Å². The number of para-hydroxylation sites is 1. The maximum atomic E-state index is 12.8. The zero-order valence-corrected chi connectivity index (χ0v) is 21.5. The number of carbonyl (C=O) groups is 1. The zero-order chi connectivity index (χ0) is 25.8. The van der Waals surface area contributed by atoms with E-state index in [2.05, 4.69) is 11.1 Å². The lowest BCUT2D eigenvalue weighted by molar-refractivity contribution is 0.0734. The SMILES string of the molecule is N#C/C(=C\c1ccc(OC(=O)c2ccc(S(=O)(=O)N3CCCCC3)cc2)cc1)c1nc2ccccc2s1. The molecule has 186 valence electrons. The number of benzene rings is 3. The van der Waals surface area contributed by atoms with E-state index in [1.165, 1.54) is 39.9 Å². The first kappa shape index (κ1) is 24.8. The standard InChI is InChI=1S/C28H23N3O4S2/c29-19-22(27-30-25-6-2-3-7-26(25)36-27)18-20-8-12-23(13-9-20)35-28(32)21-10-14-24(15-11-21)37(33,34)31-16-4-1-5-17-31/h2-3,6-15,18H,1,4-5,16-17H2/b22-18+. The minimum absolute atomic E-state index is 0.170. The van der Waals surface area contributed by atoms with E-state index in [1.54, 1.807) is 30.3 Å². The molecule has 0 unspecified atom stereocenters. The third-order valence-corrected chi connectivity index (χ3v) is 9.07. The van der Waals surface area contributed by atoms with Gasteiger partial charge in [-0.2, -0.15) is 9.57 Å². The highest BCUT2D eigenvalue weighted by atomic mass is 32.2. The number of ether oxygens (including phenoxy) is 1. The van der Waals surface area contributed by atoms with Crippen LogP contribution in [0.4, 0.5) is 0 Å². The van der Waals surface area contributed by atoms with Gasteiger partial charge >= 0.3 is 5.97 Å². The number of nitrogens with zero attached hydrogens (tertiary/aromatic N) is 3. The van der Waals surface area contributed by atoms with Crippen LogP contribution in [-0.4, -0.2) is 36.8 Å². The average Bonchev–Trinajstić information content (AvgIpc) is 3.37. The van der Waals surface area contributed by atoms with Gasteiger partial charge in [0.05, 0.1) is 26.2 Å². The van der Waals surface area contributed by atoms with Gasteiger partial charge in [0, 0.05) is 13.1 Å². The summed E-state index contributed by atoms with van der Waals surface area (Å²) >= 11 is 1.46. The lowest BCUT2D eigenvalue weighted by Gasteiger charge is -2.25. The number of rotatable bonds is 6. The average molecular weight is 530 g/mol. The molecule has 5 rings (SSSR count). The fourth-order valence-corrected chi connectivity index (χ4v) is 6.56. The van der Waals surface area contributed by atoms with Crippen molar-refractivity contribution in [2.24, 2.45) is 0 Å². The molecule has 0 N–H and O–H groups in total. The van der Waals surface area contributed by atoms with Crippen LogP contribution in [0, 0.1) is 11.3 Å². The molecule has 7 nitrogen and oxygen atoms in total. The lowest BCUT2D eigenvalue weighted by Crippen LogP contribution is -2.35. The number of carbonyl (C=O) groups excluding carboxylic acids is 1. The fourth-order valence-electron chi connectivity index (χ4n) is 4.11. The molecule has 0 aliphatic carbocycles. The van der Waals surface area contributed by atoms with Gasteiger partial charge in [-0.15, -0.1) is 11.3 Å². The second kappa shape index (κ2) is 10.6. The second-order valence-electron chi connectivity index (χ2n) is 8.60. The molecular weight excluding hydrogens is 506 g/mol. The van der Waals surface area contributed by atoms with E-state index in [0.29, 0.717) is 29.4 Å². The number of nitriles is 1. The third kappa shape index (κ3) is 5.47. The smallest absolute Gasteiger partial charge is 0.343 e. The van der Waals surface area contributed by atoms with Crippen LogP contribution in [0.2, 0.25) is 0 Å². The van der Waals surface area contributed by atoms with Crippen molar-refractivity contribution in [1.29, 1.82) is 5.26 Å². The number of allylic oxidation sites excluding steroid dienone is 1. The lowest BCUT2D eigenvalue weighted by atomic mass is 10.1. The van der Waals surface area contributed by atoms with E-state index in [1.807, 2.05) is 24.3 Å². The van der Waals surface area contributed by atoms with Crippen molar-refractivity contribution in [2.45, 2.75) is 24.2 Å². The van der Waals surface area contributed by atoms with Crippen LogP contribution in [0.3, 0.4) is 0 Å².